The van der Waals surface area contributed by atoms with Gasteiger partial charge in [0.2, 0.25) is 0 Å². The van der Waals surface area contributed by atoms with Crippen LogP contribution < -0.4 is 4.90 Å². The molecule has 110 valence electrons. The Morgan fingerprint density at radius 1 is 1.00 bits per heavy atom. The van der Waals surface area contributed by atoms with Crippen molar-refractivity contribution in [3.8, 4) is 0 Å². The van der Waals surface area contributed by atoms with Crippen molar-refractivity contribution in [2.75, 3.05) is 18.0 Å². The molecule has 5 heteroatoms. The highest BCUT2D eigenvalue weighted by Gasteiger charge is 2.18. The van der Waals surface area contributed by atoms with E-state index in [1.54, 1.807) is 6.33 Å². The summed E-state index contributed by atoms with van der Waals surface area (Å²) in [5.74, 6) is 1.77. The molecule has 22 heavy (non-hydrogen) atoms. The molecule has 2 aromatic heterocycles. The third kappa shape index (κ3) is 2.45. The number of nitrogens with zero attached hydrogens (tertiary/aromatic N) is 4. The van der Waals surface area contributed by atoms with Crippen LogP contribution in [-0.4, -0.2) is 33.0 Å². The van der Waals surface area contributed by atoms with E-state index in [9.17, 15) is 0 Å². The molecule has 0 atom stereocenters. The second-order valence-electron chi connectivity index (χ2n) is 5.46. The summed E-state index contributed by atoms with van der Waals surface area (Å²) in [7, 11) is 0. The molecule has 1 fully saturated rings. The van der Waals surface area contributed by atoms with E-state index in [0.717, 1.165) is 41.5 Å². The van der Waals surface area contributed by atoms with Gasteiger partial charge in [0, 0.05) is 13.1 Å². The quantitative estimate of drug-likeness (QED) is 0.805. The lowest BCUT2D eigenvalue weighted by atomic mass is 10.2. The summed E-state index contributed by atoms with van der Waals surface area (Å²) < 4.78 is 0. The van der Waals surface area contributed by atoms with Crippen molar-refractivity contribution in [3.05, 3.63) is 48.0 Å². The molecule has 4 rings (SSSR count). The fraction of sp³-hybridized carbons (Fsp3) is 0.235. The minimum atomic E-state index is 0.726. The van der Waals surface area contributed by atoms with Crippen molar-refractivity contribution in [1.82, 2.24) is 19.9 Å². The minimum Gasteiger partial charge on any atom is -0.355 e. The second-order valence-corrected chi connectivity index (χ2v) is 5.46. The van der Waals surface area contributed by atoms with Crippen LogP contribution in [0.1, 0.15) is 24.2 Å². The Bertz CT molecular complexity index is 800. The van der Waals surface area contributed by atoms with E-state index in [-0.39, 0.29) is 0 Å². The van der Waals surface area contributed by atoms with Crippen molar-refractivity contribution in [3.63, 3.8) is 0 Å². The van der Waals surface area contributed by atoms with E-state index in [0.29, 0.717) is 0 Å². The number of imidazole rings is 1. The predicted molar refractivity (Wildman–Crippen MR) is 88.5 cm³/mol. The Labute approximate surface area is 128 Å². The number of nitrogens with one attached hydrogen (secondary N) is 1. The molecule has 0 radical (unpaired) electrons. The monoisotopic (exact) mass is 291 g/mol. The van der Waals surface area contributed by atoms with Gasteiger partial charge in [-0.15, -0.1) is 0 Å². The number of rotatable bonds is 3. The molecule has 1 N–H and O–H groups in total. The maximum absolute atomic E-state index is 4.54. The van der Waals surface area contributed by atoms with Crippen molar-refractivity contribution in [2.45, 2.75) is 12.8 Å². The highest BCUT2D eigenvalue weighted by atomic mass is 15.2. The number of hydrogen-bond donors (Lipinski definition) is 1. The smallest absolute Gasteiger partial charge is 0.183 e. The van der Waals surface area contributed by atoms with Gasteiger partial charge in [-0.25, -0.2) is 15.0 Å². The molecule has 1 aliphatic heterocycles. The van der Waals surface area contributed by atoms with Gasteiger partial charge in [0.05, 0.1) is 0 Å². The molecule has 0 saturated carbocycles. The van der Waals surface area contributed by atoms with Crippen LogP contribution in [0, 0.1) is 0 Å². The van der Waals surface area contributed by atoms with Crippen LogP contribution in [-0.2, 0) is 0 Å². The summed E-state index contributed by atoms with van der Waals surface area (Å²) in [5, 5.41) is 0. The maximum Gasteiger partial charge on any atom is 0.183 e. The Kier molecular flexibility index (Phi) is 3.31. The first-order chi connectivity index (χ1) is 10.9. The molecule has 3 heterocycles. The normalized spacial score (nSPS) is 15.2. The van der Waals surface area contributed by atoms with Gasteiger partial charge in [-0.1, -0.05) is 36.4 Å². The molecule has 0 amide bonds. The Morgan fingerprint density at radius 2 is 1.82 bits per heavy atom. The molecule has 0 spiro atoms. The number of aromatic amines is 1. The average molecular weight is 291 g/mol. The van der Waals surface area contributed by atoms with E-state index in [2.05, 4.69) is 37.0 Å². The standard InChI is InChI=1S/C17H17N5/c1-2-6-13(7-3-1)8-9-14-20-15-16(21-14)18-12-19-17(15)22-10-4-5-11-22/h1-3,6-9,12H,4-5,10-11H2,(H,18,19,20,21)/b9-8+. The summed E-state index contributed by atoms with van der Waals surface area (Å²) in [6.07, 6.45) is 8.06. The summed E-state index contributed by atoms with van der Waals surface area (Å²) in [5.41, 5.74) is 2.80. The minimum absolute atomic E-state index is 0.726. The Hall–Kier alpha value is -2.69. The lowest BCUT2D eigenvalue weighted by molar-refractivity contribution is 0.936. The first kappa shape index (κ1) is 13.0. The second kappa shape index (κ2) is 5.60. The molecule has 1 aliphatic rings. The van der Waals surface area contributed by atoms with Crippen LogP contribution in [0.3, 0.4) is 0 Å². The predicted octanol–water partition coefficient (Wildman–Crippen LogP) is 3.12. The SMILES string of the molecule is C(=C\c1nc2ncnc(N3CCCC3)c2[nH]1)/c1ccccc1. The number of hydrogen-bond acceptors (Lipinski definition) is 4. The van der Waals surface area contributed by atoms with E-state index in [1.807, 2.05) is 30.4 Å². The average Bonchev–Trinajstić information content (AvgIpc) is 3.22. The van der Waals surface area contributed by atoms with Crippen LogP contribution in [0.5, 0.6) is 0 Å². The highest BCUT2D eigenvalue weighted by Crippen LogP contribution is 2.24. The Balaban J connectivity index is 1.68. The third-order valence-corrected chi connectivity index (χ3v) is 3.93. The molecule has 0 unspecified atom stereocenters. The van der Waals surface area contributed by atoms with Crippen LogP contribution >= 0.6 is 0 Å². The van der Waals surface area contributed by atoms with Gasteiger partial charge in [0.1, 0.15) is 17.7 Å². The zero-order valence-corrected chi connectivity index (χ0v) is 12.2. The van der Waals surface area contributed by atoms with Crippen LogP contribution in [0.2, 0.25) is 0 Å². The zero-order valence-electron chi connectivity index (χ0n) is 12.2. The van der Waals surface area contributed by atoms with Crippen LogP contribution in [0.15, 0.2) is 36.7 Å². The first-order valence-electron chi connectivity index (χ1n) is 7.59. The fourth-order valence-electron chi connectivity index (χ4n) is 2.82. The lowest BCUT2D eigenvalue weighted by Crippen LogP contribution is -2.19. The zero-order chi connectivity index (χ0) is 14.8. The van der Waals surface area contributed by atoms with Crippen molar-refractivity contribution >= 4 is 29.1 Å². The lowest BCUT2D eigenvalue weighted by Gasteiger charge is -2.15. The van der Waals surface area contributed by atoms with Gasteiger partial charge in [0.25, 0.3) is 0 Å². The molecule has 5 nitrogen and oxygen atoms in total. The van der Waals surface area contributed by atoms with Crippen molar-refractivity contribution in [2.24, 2.45) is 0 Å². The van der Waals surface area contributed by atoms with Crippen molar-refractivity contribution < 1.29 is 0 Å². The number of aromatic nitrogens is 4. The third-order valence-electron chi connectivity index (χ3n) is 3.93. The van der Waals surface area contributed by atoms with E-state index >= 15 is 0 Å². The van der Waals surface area contributed by atoms with Gasteiger partial charge in [0.15, 0.2) is 11.5 Å². The summed E-state index contributed by atoms with van der Waals surface area (Å²) in [6, 6.07) is 10.2. The van der Waals surface area contributed by atoms with Crippen LogP contribution in [0.25, 0.3) is 23.3 Å². The van der Waals surface area contributed by atoms with Gasteiger partial charge in [-0.2, -0.15) is 0 Å². The van der Waals surface area contributed by atoms with E-state index < -0.39 is 0 Å². The number of fused-ring (bicyclic) bond motifs is 1. The largest absolute Gasteiger partial charge is 0.355 e. The summed E-state index contributed by atoms with van der Waals surface area (Å²) in [4.78, 5) is 18.9. The van der Waals surface area contributed by atoms with Gasteiger partial charge in [-0.05, 0) is 24.5 Å². The summed E-state index contributed by atoms with van der Waals surface area (Å²) in [6.45, 7) is 2.11. The van der Waals surface area contributed by atoms with Crippen molar-refractivity contribution in [1.29, 1.82) is 0 Å². The maximum atomic E-state index is 4.54. The topological polar surface area (TPSA) is 57.7 Å². The number of benzene rings is 1. The van der Waals surface area contributed by atoms with E-state index in [1.165, 1.54) is 12.8 Å². The van der Waals surface area contributed by atoms with Gasteiger partial charge >= 0.3 is 0 Å². The number of H-pyrrole nitrogens is 1. The molecule has 1 saturated heterocycles. The number of anilines is 1. The molecule has 1 aromatic carbocycles. The molecular formula is C17H17N5. The summed E-state index contributed by atoms with van der Waals surface area (Å²) >= 11 is 0. The van der Waals surface area contributed by atoms with Gasteiger partial charge < -0.3 is 9.88 Å². The molecule has 0 aliphatic carbocycles. The fourth-order valence-corrected chi connectivity index (χ4v) is 2.82. The van der Waals surface area contributed by atoms with E-state index in [4.69, 9.17) is 0 Å². The highest BCUT2D eigenvalue weighted by molar-refractivity contribution is 5.85. The Morgan fingerprint density at radius 3 is 2.64 bits per heavy atom. The molecular weight excluding hydrogens is 274 g/mol. The van der Waals surface area contributed by atoms with Crippen LogP contribution in [0.4, 0.5) is 5.82 Å². The van der Waals surface area contributed by atoms with Gasteiger partial charge in [-0.3, -0.25) is 0 Å². The molecule has 3 aromatic rings. The molecule has 0 bridgehead atoms. The first-order valence-corrected chi connectivity index (χ1v) is 7.59.